The molecule has 2 aliphatic rings. The Balaban J connectivity index is 1.40. The Morgan fingerprint density at radius 1 is 1.05 bits per heavy atom. The molecular formula is C29H41N3O5S. The van der Waals surface area contributed by atoms with Crippen molar-refractivity contribution in [2.45, 2.75) is 56.5 Å². The van der Waals surface area contributed by atoms with Crippen LogP contribution in [0.3, 0.4) is 0 Å². The molecule has 0 saturated carbocycles. The molecule has 8 nitrogen and oxygen atoms in total. The molecule has 2 fully saturated rings. The molecule has 9 heteroatoms. The van der Waals surface area contributed by atoms with Gasteiger partial charge in [0.15, 0.2) is 0 Å². The highest BCUT2D eigenvalue weighted by Crippen LogP contribution is 2.32. The van der Waals surface area contributed by atoms with E-state index in [4.69, 9.17) is 9.47 Å². The van der Waals surface area contributed by atoms with Crippen LogP contribution in [0.2, 0.25) is 0 Å². The molecular weight excluding hydrogens is 502 g/mol. The molecule has 0 aromatic heterocycles. The summed E-state index contributed by atoms with van der Waals surface area (Å²) in [5.74, 6) is 0.536. The van der Waals surface area contributed by atoms with Crippen LogP contribution in [0.4, 0.5) is 0 Å². The molecule has 2 unspecified atom stereocenters. The van der Waals surface area contributed by atoms with Gasteiger partial charge in [0.2, 0.25) is 15.9 Å². The van der Waals surface area contributed by atoms with E-state index in [9.17, 15) is 13.2 Å². The molecule has 208 valence electrons. The lowest BCUT2D eigenvalue weighted by Gasteiger charge is -2.32. The molecule has 2 aromatic rings. The number of methoxy groups -OCH3 is 1. The monoisotopic (exact) mass is 543 g/mol. The minimum Gasteiger partial charge on any atom is -0.497 e. The van der Waals surface area contributed by atoms with Crippen LogP contribution >= 0.6 is 0 Å². The number of benzene rings is 2. The van der Waals surface area contributed by atoms with Gasteiger partial charge in [0.05, 0.1) is 24.7 Å². The van der Waals surface area contributed by atoms with Crippen molar-refractivity contribution >= 4 is 15.9 Å². The van der Waals surface area contributed by atoms with Gasteiger partial charge in [0.1, 0.15) is 12.4 Å². The molecule has 4 rings (SSSR count). The number of carbonyl (C=O) groups is 1. The van der Waals surface area contributed by atoms with Gasteiger partial charge < -0.3 is 19.3 Å². The Kier molecular flexibility index (Phi) is 9.46. The smallest absolute Gasteiger partial charge is 0.248 e. The van der Waals surface area contributed by atoms with E-state index < -0.39 is 10.0 Å². The van der Waals surface area contributed by atoms with Crippen LogP contribution in [-0.4, -0.2) is 88.0 Å². The van der Waals surface area contributed by atoms with E-state index in [2.05, 4.69) is 17.0 Å². The molecule has 2 aromatic carbocycles. The number of rotatable bonds is 11. The van der Waals surface area contributed by atoms with Crippen molar-refractivity contribution in [3.63, 3.8) is 0 Å². The molecule has 2 aliphatic heterocycles. The predicted octanol–water partition coefficient (Wildman–Crippen LogP) is 3.78. The van der Waals surface area contributed by atoms with Crippen LogP contribution < -0.4 is 4.74 Å². The summed E-state index contributed by atoms with van der Waals surface area (Å²) in [4.78, 5) is 17.7. The fraction of sp³-hybridized carbons (Fsp3) is 0.552. The van der Waals surface area contributed by atoms with Gasteiger partial charge in [-0.15, -0.1) is 0 Å². The molecule has 38 heavy (non-hydrogen) atoms. The van der Waals surface area contributed by atoms with E-state index in [0.29, 0.717) is 34.7 Å². The number of ether oxygens (including phenoxy) is 2. The standard InChI is InChI=1S/C29H41N3O5S/c1-22-17-26(36-4)18-23(2)29(22)38(34,35)32-16-10-13-25(32)20-37-21-28(33)30(3)27(19-31-14-8-9-15-31)24-11-6-5-7-12-24/h5-7,11-12,17-18,25,27H,8-10,13-16,19-21H2,1-4H3. The van der Waals surface area contributed by atoms with E-state index in [1.807, 2.05) is 25.2 Å². The summed E-state index contributed by atoms with van der Waals surface area (Å²) in [7, 11) is -0.300. The third-order valence-corrected chi connectivity index (χ3v) is 10.0. The number of hydrogen-bond donors (Lipinski definition) is 0. The average molecular weight is 544 g/mol. The first kappa shape index (κ1) is 28.5. The lowest BCUT2D eigenvalue weighted by atomic mass is 10.0. The Labute approximate surface area is 227 Å². The molecule has 0 bridgehead atoms. The zero-order valence-electron chi connectivity index (χ0n) is 23.1. The third-order valence-electron chi connectivity index (χ3n) is 7.77. The zero-order valence-corrected chi connectivity index (χ0v) is 23.9. The number of sulfonamides is 1. The highest BCUT2D eigenvalue weighted by Gasteiger charge is 2.37. The Morgan fingerprint density at radius 2 is 1.71 bits per heavy atom. The Hall–Kier alpha value is -2.46. The van der Waals surface area contributed by atoms with Gasteiger partial charge >= 0.3 is 0 Å². The number of likely N-dealkylation sites (N-methyl/N-ethyl adjacent to an activating group) is 1. The molecule has 0 radical (unpaired) electrons. The van der Waals surface area contributed by atoms with Gasteiger partial charge in [-0.2, -0.15) is 4.31 Å². The highest BCUT2D eigenvalue weighted by atomic mass is 32.2. The van der Waals surface area contributed by atoms with E-state index in [0.717, 1.165) is 31.6 Å². The van der Waals surface area contributed by atoms with Gasteiger partial charge in [-0.1, -0.05) is 30.3 Å². The quantitative estimate of drug-likeness (QED) is 0.429. The van der Waals surface area contributed by atoms with Crippen molar-refractivity contribution in [2.75, 3.05) is 53.6 Å². The molecule has 1 amide bonds. The number of amides is 1. The minimum absolute atomic E-state index is 0.0604. The summed E-state index contributed by atoms with van der Waals surface area (Å²) in [6.07, 6.45) is 3.86. The number of aryl methyl sites for hydroxylation is 2. The van der Waals surface area contributed by atoms with Crippen molar-refractivity contribution < 1.29 is 22.7 Å². The summed E-state index contributed by atoms with van der Waals surface area (Å²) >= 11 is 0. The topological polar surface area (TPSA) is 79.4 Å². The fourth-order valence-electron chi connectivity index (χ4n) is 5.74. The second kappa shape index (κ2) is 12.6. The van der Waals surface area contributed by atoms with Gasteiger partial charge in [-0.05, 0) is 81.4 Å². The lowest BCUT2D eigenvalue weighted by molar-refractivity contribution is -0.137. The fourth-order valence-corrected chi connectivity index (χ4v) is 7.83. The summed E-state index contributed by atoms with van der Waals surface area (Å²) in [6.45, 7) is 7.05. The highest BCUT2D eigenvalue weighted by molar-refractivity contribution is 7.89. The molecule has 0 spiro atoms. The first-order valence-corrected chi connectivity index (χ1v) is 14.9. The summed E-state index contributed by atoms with van der Waals surface area (Å²) < 4.78 is 40.0. The number of nitrogens with zero attached hydrogens (tertiary/aromatic N) is 3. The normalized spacial score (nSPS) is 19.5. The van der Waals surface area contributed by atoms with Gasteiger partial charge in [0, 0.05) is 26.2 Å². The second-order valence-corrected chi connectivity index (χ2v) is 12.3. The maximum absolute atomic E-state index is 13.7. The minimum atomic E-state index is -3.71. The van der Waals surface area contributed by atoms with Crippen molar-refractivity contribution in [3.05, 3.63) is 59.2 Å². The van der Waals surface area contributed by atoms with Crippen molar-refractivity contribution in [2.24, 2.45) is 0 Å². The van der Waals surface area contributed by atoms with Gasteiger partial charge in [-0.3, -0.25) is 4.79 Å². The average Bonchev–Trinajstić information content (AvgIpc) is 3.59. The van der Waals surface area contributed by atoms with Gasteiger partial charge in [0.25, 0.3) is 0 Å². The first-order valence-electron chi connectivity index (χ1n) is 13.5. The van der Waals surface area contributed by atoms with Crippen LogP contribution in [0.15, 0.2) is 47.4 Å². The molecule has 2 heterocycles. The van der Waals surface area contributed by atoms with E-state index in [-0.39, 0.29) is 31.2 Å². The second-order valence-electron chi connectivity index (χ2n) is 10.5. The lowest BCUT2D eigenvalue weighted by Crippen LogP contribution is -2.42. The molecule has 2 atom stereocenters. The van der Waals surface area contributed by atoms with Crippen LogP contribution in [-0.2, 0) is 19.6 Å². The molecule has 0 aliphatic carbocycles. The Bertz CT molecular complexity index is 1170. The molecule has 2 saturated heterocycles. The predicted molar refractivity (Wildman–Crippen MR) is 148 cm³/mol. The van der Waals surface area contributed by atoms with Crippen molar-refractivity contribution in [1.29, 1.82) is 0 Å². The SMILES string of the molecule is COc1cc(C)c(S(=O)(=O)N2CCCC2COCC(=O)N(C)C(CN2CCCC2)c2ccccc2)c(C)c1. The maximum Gasteiger partial charge on any atom is 0.248 e. The summed E-state index contributed by atoms with van der Waals surface area (Å²) in [6, 6.07) is 13.3. The largest absolute Gasteiger partial charge is 0.497 e. The number of hydrogen-bond acceptors (Lipinski definition) is 6. The third kappa shape index (κ3) is 6.39. The number of carbonyl (C=O) groups excluding carboxylic acids is 1. The first-order chi connectivity index (χ1) is 18.2. The summed E-state index contributed by atoms with van der Waals surface area (Å²) in [5, 5.41) is 0. The van der Waals surface area contributed by atoms with Crippen LogP contribution in [0, 0.1) is 13.8 Å². The van der Waals surface area contributed by atoms with Crippen molar-refractivity contribution in [1.82, 2.24) is 14.1 Å². The van der Waals surface area contributed by atoms with Crippen LogP contribution in [0.1, 0.15) is 48.4 Å². The molecule has 0 N–H and O–H groups in total. The van der Waals surface area contributed by atoms with Crippen molar-refractivity contribution in [3.8, 4) is 5.75 Å². The van der Waals surface area contributed by atoms with E-state index in [1.54, 1.807) is 42.3 Å². The number of likely N-dealkylation sites (tertiary alicyclic amines) is 1. The Morgan fingerprint density at radius 3 is 2.34 bits per heavy atom. The maximum atomic E-state index is 13.7. The zero-order chi connectivity index (χ0) is 27.3. The van der Waals surface area contributed by atoms with Gasteiger partial charge in [-0.25, -0.2) is 8.42 Å². The van der Waals surface area contributed by atoms with Crippen LogP contribution in [0.5, 0.6) is 5.75 Å². The van der Waals surface area contributed by atoms with E-state index in [1.165, 1.54) is 12.8 Å². The van der Waals surface area contributed by atoms with Crippen LogP contribution in [0.25, 0.3) is 0 Å². The van der Waals surface area contributed by atoms with E-state index >= 15 is 0 Å². The summed E-state index contributed by atoms with van der Waals surface area (Å²) in [5.41, 5.74) is 2.43.